The molecule has 6 nitrogen and oxygen atoms in total. The van der Waals surface area contributed by atoms with E-state index in [1.54, 1.807) is 36.5 Å². The first-order chi connectivity index (χ1) is 12.8. The van der Waals surface area contributed by atoms with Crippen molar-refractivity contribution in [3.05, 3.63) is 46.2 Å². The highest BCUT2D eigenvalue weighted by molar-refractivity contribution is 7.89. The van der Waals surface area contributed by atoms with Crippen LogP contribution in [0.25, 0.3) is 0 Å². The first kappa shape index (κ1) is 21.6. The van der Waals surface area contributed by atoms with E-state index in [1.807, 2.05) is 32.3 Å². The summed E-state index contributed by atoms with van der Waals surface area (Å²) in [6, 6.07) is 9.07. The van der Waals surface area contributed by atoms with E-state index in [9.17, 15) is 13.2 Å². The fourth-order valence-electron chi connectivity index (χ4n) is 2.91. The Morgan fingerprint density at radius 3 is 2.52 bits per heavy atom. The van der Waals surface area contributed by atoms with Crippen LogP contribution in [0.15, 0.2) is 40.6 Å². The lowest BCUT2D eigenvalue weighted by atomic mass is 10.2. The Labute approximate surface area is 165 Å². The molecule has 0 radical (unpaired) electrons. The van der Waals surface area contributed by atoms with Crippen LogP contribution in [0.5, 0.6) is 0 Å². The minimum atomic E-state index is -3.57. The zero-order chi connectivity index (χ0) is 20.0. The van der Waals surface area contributed by atoms with Crippen LogP contribution >= 0.6 is 11.3 Å². The number of nitrogens with zero attached hydrogens (tertiary/aromatic N) is 1. The molecule has 0 aliphatic heterocycles. The summed E-state index contributed by atoms with van der Waals surface area (Å²) in [7, 11) is -1.61. The van der Waals surface area contributed by atoms with E-state index in [0.717, 1.165) is 11.4 Å². The fraction of sp³-hybridized carbons (Fsp3) is 0.421. The summed E-state index contributed by atoms with van der Waals surface area (Å²) < 4.78 is 27.1. The molecule has 1 atom stereocenters. The molecule has 0 aliphatic rings. The number of carbonyl (C=O) groups excluding carboxylic acids is 1. The first-order valence-corrected chi connectivity index (χ1v) is 11.3. The van der Waals surface area contributed by atoms with Gasteiger partial charge in [0, 0.05) is 18.8 Å². The number of amides is 1. The van der Waals surface area contributed by atoms with E-state index in [4.69, 9.17) is 0 Å². The van der Waals surface area contributed by atoms with Crippen LogP contribution in [0.3, 0.4) is 0 Å². The third-order valence-corrected chi connectivity index (χ3v) is 7.38. The lowest BCUT2D eigenvalue weighted by Gasteiger charge is -2.20. The van der Waals surface area contributed by atoms with Crippen molar-refractivity contribution in [1.82, 2.24) is 4.31 Å². The summed E-state index contributed by atoms with van der Waals surface area (Å²) >= 11 is 1.67. The molecule has 1 amide bonds. The number of carbonyl (C=O) groups is 1. The number of thiophene rings is 1. The summed E-state index contributed by atoms with van der Waals surface area (Å²) in [5.74, 6) is -0.140. The number of nitrogens with one attached hydrogen (secondary N) is 2. The molecule has 148 valence electrons. The molecule has 1 aromatic carbocycles. The largest absolute Gasteiger partial charge is 0.325 e. The molecule has 0 saturated heterocycles. The van der Waals surface area contributed by atoms with Crippen LogP contribution in [-0.4, -0.2) is 45.3 Å². The second-order valence-corrected chi connectivity index (χ2v) is 9.45. The minimum absolute atomic E-state index is 0.140. The molecule has 8 heteroatoms. The predicted octanol–water partition coefficient (Wildman–Crippen LogP) is 1.74. The molecule has 0 fully saturated rings. The second-order valence-electron chi connectivity index (χ2n) is 6.51. The summed E-state index contributed by atoms with van der Waals surface area (Å²) in [6.07, 6.45) is 0. The Kier molecular flexibility index (Phi) is 7.55. The summed E-state index contributed by atoms with van der Waals surface area (Å²) in [5.41, 5.74) is 1.17. The average Bonchev–Trinajstić information content (AvgIpc) is 3.09. The van der Waals surface area contributed by atoms with E-state index in [1.165, 1.54) is 9.18 Å². The Morgan fingerprint density at radius 2 is 1.93 bits per heavy atom. The van der Waals surface area contributed by atoms with Gasteiger partial charge in [-0.25, -0.2) is 8.42 Å². The number of rotatable bonds is 9. The van der Waals surface area contributed by atoms with E-state index in [2.05, 4.69) is 11.4 Å². The number of aryl methyl sites for hydroxylation is 1. The lowest BCUT2D eigenvalue weighted by Crippen LogP contribution is -3.08. The molecule has 1 aromatic heterocycles. The molecule has 0 bridgehead atoms. The summed E-state index contributed by atoms with van der Waals surface area (Å²) in [5, 5.41) is 4.85. The number of likely N-dealkylation sites (N-methyl/N-ethyl adjacent to an activating group) is 1. The van der Waals surface area contributed by atoms with Gasteiger partial charge >= 0.3 is 0 Å². The predicted molar refractivity (Wildman–Crippen MR) is 110 cm³/mol. The summed E-state index contributed by atoms with van der Waals surface area (Å²) in [4.78, 5) is 14.9. The molecule has 2 N–H and O–H groups in total. The molecular formula is C19H28N3O3S2+. The zero-order valence-corrected chi connectivity index (χ0v) is 17.9. The molecule has 2 rings (SSSR count). The Morgan fingerprint density at radius 1 is 1.22 bits per heavy atom. The zero-order valence-electron chi connectivity index (χ0n) is 16.3. The standard InChI is InChI=1S/C19H27N3O3S2/c1-5-22(6-2)27(24,25)18-12-16(10-9-15(18)3)20-19(23)14-21(4)13-17-8-7-11-26-17/h7-12H,5-6,13-14H2,1-4H3,(H,20,23)/p+1. The topological polar surface area (TPSA) is 70.9 Å². The molecule has 1 heterocycles. The van der Waals surface area contributed by atoms with Crippen LogP contribution in [0.1, 0.15) is 24.3 Å². The van der Waals surface area contributed by atoms with Gasteiger partial charge in [0.05, 0.1) is 16.8 Å². The highest BCUT2D eigenvalue weighted by atomic mass is 32.2. The van der Waals surface area contributed by atoms with E-state index in [-0.39, 0.29) is 10.8 Å². The van der Waals surface area contributed by atoms with Crippen molar-refractivity contribution < 1.29 is 18.1 Å². The number of quaternary nitrogens is 1. The monoisotopic (exact) mass is 410 g/mol. The minimum Gasteiger partial charge on any atom is -0.325 e. The molecule has 27 heavy (non-hydrogen) atoms. The van der Waals surface area contributed by atoms with Gasteiger partial charge in [-0.2, -0.15) is 4.31 Å². The van der Waals surface area contributed by atoms with Crippen LogP contribution in [0.4, 0.5) is 5.69 Å². The van der Waals surface area contributed by atoms with E-state index < -0.39 is 10.0 Å². The third-order valence-electron chi connectivity index (χ3n) is 4.31. The Hall–Kier alpha value is -1.74. The highest BCUT2D eigenvalue weighted by Gasteiger charge is 2.24. The van der Waals surface area contributed by atoms with Crippen molar-refractivity contribution in [1.29, 1.82) is 0 Å². The van der Waals surface area contributed by atoms with Crippen molar-refractivity contribution in [3.8, 4) is 0 Å². The number of benzene rings is 1. The fourth-order valence-corrected chi connectivity index (χ4v) is 5.44. The lowest BCUT2D eigenvalue weighted by molar-refractivity contribution is -0.884. The highest BCUT2D eigenvalue weighted by Crippen LogP contribution is 2.23. The van der Waals surface area contributed by atoms with Crippen molar-refractivity contribution in [3.63, 3.8) is 0 Å². The quantitative estimate of drug-likeness (QED) is 0.662. The second kappa shape index (κ2) is 9.45. The molecular weight excluding hydrogens is 382 g/mol. The molecule has 0 saturated carbocycles. The van der Waals surface area contributed by atoms with Gasteiger partial charge in [0.2, 0.25) is 10.0 Å². The Bertz CT molecular complexity index is 860. The number of hydrogen-bond acceptors (Lipinski definition) is 4. The van der Waals surface area contributed by atoms with Gasteiger partial charge in [0.1, 0.15) is 6.54 Å². The van der Waals surface area contributed by atoms with Gasteiger partial charge in [-0.1, -0.05) is 26.0 Å². The number of hydrogen-bond donors (Lipinski definition) is 2. The maximum atomic E-state index is 12.8. The number of sulfonamides is 1. The molecule has 2 aromatic rings. The van der Waals surface area contributed by atoms with Gasteiger partial charge in [0.15, 0.2) is 6.54 Å². The van der Waals surface area contributed by atoms with Crippen LogP contribution in [-0.2, 0) is 21.4 Å². The Balaban J connectivity index is 2.10. The van der Waals surface area contributed by atoms with Gasteiger partial charge in [-0.05, 0) is 36.1 Å². The summed E-state index contributed by atoms with van der Waals surface area (Å²) in [6.45, 7) is 7.30. The van der Waals surface area contributed by atoms with Gasteiger partial charge in [-0.3, -0.25) is 4.79 Å². The van der Waals surface area contributed by atoms with Crippen LogP contribution in [0, 0.1) is 6.92 Å². The smallest absolute Gasteiger partial charge is 0.279 e. The van der Waals surface area contributed by atoms with Crippen molar-refractivity contribution >= 4 is 33.0 Å². The maximum absolute atomic E-state index is 12.8. The maximum Gasteiger partial charge on any atom is 0.279 e. The van der Waals surface area contributed by atoms with Gasteiger partial charge in [-0.15, -0.1) is 11.3 Å². The SMILES string of the molecule is CCN(CC)S(=O)(=O)c1cc(NC(=O)C[NH+](C)Cc2cccs2)ccc1C. The van der Waals surface area contributed by atoms with Crippen molar-refractivity contribution in [2.24, 2.45) is 0 Å². The van der Waals surface area contributed by atoms with Crippen molar-refractivity contribution in [2.45, 2.75) is 32.2 Å². The normalized spacial score (nSPS) is 12.9. The number of anilines is 1. The van der Waals surface area contributed by atoms with E-state index in [0.29, 0.717) is 30.9 Å². The van der Waals surface area contributed by atoms with Crippen LogP contribution in [0.2, 0.25) is 0 Å². The van der Waals surface area contributed by atoms with Gasteiger partial charge in [0.25, 0.3) is 5.91 Å². The average molecular weight is 411 g/mol. The molecule has 0 aliphatic carbocycles. The first-order valence-electron chi connectivity index (χ1n) is 9.02. The molecule has 0 spiro atoms. The van der Waals surface area contributed by atoms with Crippen molar-refractivity contribution in [2.75, 3.05) is 32.0 Å². The van der Waals surface area contributed by atoms with Crippen LogP contribution < -0.4 is 10.2 Å². The third kappa shape index (κ3) is 5.62. The van der Waals surface area contributed by atoms with Gasteiger partial charge < -0.3 is 10.2 Å². The molecule has 1 unspecified atom stereocenters. The van der Waals surface area contributed by atoms with E-state index >= 15 is 0 Å².